The van der Waals surface area contributed by atoms with Crippen LogP contribution >= 0.6 is 0 Å². The largest absolute Gasteiger partial charge is 0.468 e. The van der Waals surface area contributed by atoms with Gasteiger partial charge in [-0.25, -0.2) is 9.07 Å². The fraction of sp³-hybridized carbons (Fsp3) is 0.286. The molecule has 11 heteroatoms. The van der Waals surface area contributed by atoms with E-state index in [4.69, 9.17) is 13.9 Å². The van der Waals surface area contributed by atoms with E-state index in [1.165, 1.54) is 12.1 Å². The molecule has 1 N–H and O–H groups in total. The highest BCUT2D eigenvalue weighted by molar-refractivity contribution is 5.83. The summed E-state index contributed by atoms with van der Waals surface area (Å²) < 4.78 is 31.9. The molecule has 0 saturated heterocycles. The Morgan fingerprint density at radius 2 is 1.87 bits per heavy atom. The second kappa shape index (κ2) is 10.3. The van der Waals surface area contributed by atoms with E-state index in [9.17, 15) is 9.18 Å². The summed E-state index contributed by atoms with van der Waals surface area (Å²) in [5.74, 6) is 2.42. The maximum absolute atomic E-state index is 13.5. The first-order chi connectivity index (χ1) is 18.9. The Morgan fingerprint density at radius 1 is 1.08 bits per heavy atom. The van der Waals surface area contributed by atoms with Crippen molar-refractivity contribution in [3.63, 3.8) is 0 Å². The molecule has 0 aliphatic carbocycles. The normalized spacial score (nSPS) is 13.6. The summed E-state index contributed by atoms with van der Waals surface area (Å²) in [7, 11) is 0. The number of rotatable bonds is 9. The lowest BCUT2D eigenvalue weighted by Gasteiger charge is -2.33. The Labute approximate surface area is 223 Å². The van der Waals surface area contributed by atoms with Crippen LogP contribution in [0.25, 0.3) is 10.9 Å². The topological polar surface area (TPSA) is 111 Å². The molecular weight excluding hydrogens is 503 g/mol. The summed E-state index contributed by atoms with van der Waals surface area (Å²) >= 11 is 0. The summed E-state index contributed by atoms with van der Waals surface area (Å²) in [5.41, 5.74) is 1.93. The van der Waals surface area contributed by atoms with Gasteiger partial charge in [0.25, 0.3) is 5.56 Å². The van der Waals surface area contributed by atoms with E-state index in [0.29, 0.717) is 48.0 Å². The number of pyridine rings is 1. The van der Waals surface area contributed by atoms with Crippen molar-refractivity contribution in [3.05, 3.63) is 99.7 Å². The number of hydrogen-bond acceptors (Lipinski definition) is 8. The quantitative estimate of drug-likeness (QED) is 0.298. The Balaban J connectivity index is 1.37. The van der Waals surface area contributed by atoms with Crippen molar-refractivity contribution >= 4 is 10.9 Å². The molecule has 39 heavy (non-hydrogen) atoms. The van der Waals surface area contributed by atoms with E-state index in [1.54, 1.807) is 29.1 Å². The Kier molecular flexibility index (Phi) is 6.57. The van der Waals surface area contributed by atoms with E-state index in [0.717, 1.165) is 16.7 Å². The number of furan rings is 1. The van der Waals surface area contributed by atoms with Crippen molar-refractivity contribution in [1.29, 1.82) is 0 Å². The summed E-state index contributed by atoms with van der Waals surface area (Å²) in [4.78, 5) is 18.4. The molecule has 3 aromatic heterocycles. The van der Waals surface area contributed by atoms with Crippen LogP contribution < -0.4 is 15.0 Å². The zero-order valence-corrected chi connectivity index (χ0v) is 21.5. The van der Waals surface area contributed by atoms with E-state index in [1.807, 2.05) is 24.3 Å². The third-order valence-electron chi connectivity index (χ3n) is 6.82. The number of nitrogens with one attached hydrogen (secondary N) is 1. The van der Waals surface area contributed by atoms with Crippen LogP contribution in [0.3, 0.4) is 0 Å². The van der Waals surface area contributed by atoms with Gasteiger partial charge in [-0.3, -0.25) is 9.69 Å². The lowest BCUT2D eigenvalue weighted by Crippen LogP contribution is -2.35. The summed E-state index contributed by atoms with van der Waals surface area (Å²) in [6.07, 6.45) is 1.63. The molecule has 0 amide bonds. The number of aromatic amines is 1. The first kappa shape index (κ1) is 24.8. The van der Waals surface area contributed by atoms with E-state index >= 15 is 0 Å². The molecule has 200 valence electrons. The zero-order valence-electron chi connectivity index (χ0n) is 21.5. The minimum atomic E-state index is -0.301. The monoisotopic (exact) mass is 530 g/mol. The first-order valence-corrected chi connectivity index (χ1v) is 12.7. The highest BCUT2D eigenvalue weighted by Gasteiger charge is 2.31. The van der Waals surface area contributed by atoms with Gasteiger partial charge in [-0.05, 0) is 58.3 Å². The van der Waals surface area contributed by atoms with Gasteiger partial charge in [0.2, 0.25) is 6.79 Å². The maximum Gasteiger partial charge on any atom is 0.252 e. The molecule has 0 radical (unpaired) electrons. The van der Waals surface area contributed by atoms with Crippen molar-refractivity contribution in [2.24, 2.45) is 5.92 Å². The predicted octanol–water partition coefficient (Wildman–Crippen LogP) is 4.42. The molecular formula is C28H27FN6O4. The Morgan fingerprint density at radius 3 is 2.62 bits per heavy atom. The highest BCUT2D eigenvalue weighted by atomic mass is 19.1. The summed E-state index contributed by atoms with van der Waals surface area (Å²) in [6.45, 7) is 5.45. The number of benzene rings is 2. The van der Waals surface area contributed by atoms with Crippen LogP contribution in [0.4, 0.5) is 4.39 Å². The molecule has 4 heterocycles. The van der Waals surface area contributed by atoms with Crippen molar-refractivity contribution in [2.75, 3.05) is 6.79 Å². The minimum Gasteiger partial charge on any atom is -0.468 e. The standard InChI is InChI=1S/C28H27FN6O4/c1-17(2)26(27-31-32-33-35(27)13-18-5-7-21(29)8-6-18)34(15-22-4-3-9-37-22)14-20-10-19-11-24-25(39-16-38-24)12-23(19)30-28(20)36/h3-12,17,26H,13-16H2,1-2H3,(H,30,36)/t26-/m0/s1. The third kappa shape index (κ3) is 5.13. The van der Waals surface area contributed by atoms with Crippen molar-refractivity contribution in [3.8, 4) is 11.5 Å². The molecule has 0 spiro atoms. The smallest absolute Gasteiger partial charge is 0.252 e. The van der Waals surface area contributed by atoms with Gasteiger partial charge >= 0.3 is 0 Å². The van der Waals surface area contributed by atoms with E-state index < -0.39 is 0 Å². The Bertz CT molecular complexity index is 1650. The third-order valence-corrected chi connectivity index (χ3v) is 6.82. The maximum atomic E-state index is 13.5. The lowest BCUT2D eigenvalue weighted by molar-refractivity contribution is 0.116. The van der Waals surface area contributed by atoms with Gasteiger partial charge in [0.05, 0.1) is 30.9 Å². The molecule has 0 saturated carbocycles. The summed E-state index contributed by atoms with van der Waals surface area (Å²) in [5, 5.41) is 13.4. The van der Waals surface area contributed by atoms with Crippen LogP contribution in [0.1, 0.15) is 42.6 Å². The number of ether oxygens (including phenoxy) is 2. The van der Waals surface area contributed by atoms with Gasteiger partial charge in [-0.1, -0.05) is 26.0 Å². The zero-order chi connectivity index (χ0) is 26.9. The van der Waals surface area contributed by atoms with Crippen LogP contribution in [0.5, 0.6) is 11.5 Å². The van der Waals surface area contributed by atoms with Gasteiger partial charge in [-0.15, -0.1) is 5.10 Å². The minimum absolute atomic E-state index is 0.0753. The number of hydrogen-bond donors (Lipinski definition) is 1. The molecule has 1 aliphatic rings. The molecule has 10 nitrogen and oxygen atoms in total. The van der Waals surface area contributed by atoms with Gasteiger partial charge in [-0.2, -0.15) is 0 Å². The fourth-order valence-corrected chi connectivity index (χ4v) is 5.01. The Hall–Kier alpha value is -4.51. The molecule has 1 atom stereocenters. The van der Waals surface area contributed by atoms with Gasteiger partial charge in [0.15, 0.2) is 17.3 Å². The molecule has 0 fully saturated rings. The van der Waals surface area contributed by atoms with Crippen molar-refractivity contribution in [1.82, 2.24) is 30.1 Å². The number of fused-ring (bicyclic) bond motifs is 2. The van der Waals surface area contributed by atoms with Crippen molar-refractivity contribution < 1.29 is 18.3 Å². The molecule has 0 bridgehead atoms. The molecule has 2 aromatic carbocycles. The van der Waals surface area contributed by atoms with Crippen LogP contribution in [0, 0.1) is 11.7 Å². The number of nitrogens with zero attached hydrogens (tertiary/aromatic N) is 5. The van der Waals surface area contributed by atoms with Crippen LogP contribution in [0.2, 0.25) is 0 Å². The van der Waals surface area contributed by atoms with Crippen LogP contribution in [-0.4, -0.2) is 36.9 Å². The molecule has 1 aliphatic heterocycles. The highest BCUT2D eigenvalue weighted by Crippen LogP contribution is 2.36. The van der Waals surface area contributed by atoms with Gasteiger partial charge in [0, 0.05) is 23.6 Å². The average molecular weight is 531 g/mol. The second-order valence-corrected chi connectivity index (χ2v) is 9.91. The van der Waals surface area contributed by atoms with Crippen LogP contribution in [0.15, 0.2) is 70.1 Å². The number of H-pyrrole nitrogens is 1. The van der Waals surface area contributed by atoms with Gasteiger partial charge < -0.3 is 18.9 Å². The van der Waals surface area contributed by atoms with Gasteiger partial charge in [0.1, 0.15) is 11.6 Å². The molecule has 5 aromatic rings. The number of halogens is 1. The lowest BCUT2D eigenvalue weighted by atomic mass is 10.00. The van der Waals surface area contributed by atoms with Crippen molar-refractivity contribution in [2.45, 2.75) is 39.5 Å². The number of tetrazole rings is 1. The SMILES string of the molecule is CC(C)[C@@H](c1nnnn1Cc1ccc(F)cc1)N(Cc1ccco1)Cc1cc2cc3c(cc2[nH]c1=O)OCO3. The van der Waals surface area contributed by atoms with E-state index in [-0.39, 0.29) is 30.1 Å². The van der Waals surface area contributed by atoms with E-state index in [2.05, 4.69) is 39.3 Å². The second-order valence-electron chi connectivity index (χ2n) is 9.91. The number of aromatic nitrogens is 5. The average Bonchev–Trinajstić information content (AvgIpc) is 3.68. The molecule has 6 rings (SSSR count). The molecule has 0 unspecified atom stereocenters. The first-order valence-electron chi connectivity index (χ1n) is 12.7. The predicted molar refractivity (Wildman–Crippen MR) is 140 cm³/mol. The fourth-order valence-electron chi connectivity index (χ4n) is 5.01. The van der Waals surface area contributed by atoms with Crippen LogP contribution in [-0.2, 0) is 19.6 Å². The summed E-state index contributed by atoms with van der Waals surface area (Å²) in [6, 6.07) is 15.3.